The van der Waals surface area contributed by atoms with Gasteiger partial charge in [0.15, 0.2) is 9.84 Å². The van der Waals surface area contributed by atoms with Gasteiger partial charge in [-0.05, 0) is 49.9 Å². The first-order valence-corrected chi connectivity index (χ1v) is 12.0. The van der Waals surface area contributed by atoms with Gasteiger partial charge in [-0.15, -0.1) is 0 Å². The van der Waals surface area contributed by atoms with E-state index in [1.54, 1.807) is 24.3 Å². The zero-order valence-electron chi connectivity index (χ0n) is 15.7. The topological polar surface area (TPSA) is 66.5 Å². The van der Waals surface area contributed by atoms with E-state index < -0.39 is 9.84 Å². The minimum Gasteiger partial charge on any atom is -0.353 e. The molecule has 2 aliphatic rings. The van der Waals surface area contributed by atoms with Crippen molar-refractivity contribution in [2.45, 2.75) is 55.9 Å². The molecule has 27 heavy (non-hydrogen) atoms. The lowest BCUT2D eigenvalue weighted by Gasteiger charge is -2.33. The Morgan fingerprint density at radius 3 is 2.30 bits per heavy atom. The average molecular weight is 413 g/mol. The molecule has 5 nitrogen and oxygen atoms in total. The van der Waals surface area contributed by atoms with Crippen molar-refractivity contribution < 1.29 is 13.2 Å². The van der Waals surface area contributed by atoms with E-state index in [2.05, 4.69) is 10.2 Å². The van der Waals surface area contributed by atoms with Crippen LogP contribution in [0.2, 0.25) is 5.02 Å². The molecule has 1 saturated carbocycles. The standard InChI is InChI=1S/C20H29ClN2O3S/c21-17-6-8-19(9-7-17)27(25,26)15-14-23-12-10-18(11-13-23)22-20(24)16-4-2-1-3-5-16/h6-9,16,18H,1-5,10-15H2,(H,22,24). The van der Waals surface area contributed by atoms with Crippen LogP contribution >= 0.6 is 11.6 Å². The summed E-state index contributed by atoms with van der Waals surface area (Å²) in [5.41, 5.74) is 0. The van der Waals surface area contributed by atoms with Crippen LogP contribution in [0.1, 0.15) is 44.9 Å². The molecule has 1 heterocycles. The second-order valence-corrected chi connectivity index (χ2v) is 10.3. The molecule has 0 bridgehead atoms. The molecule has 1 aliphatic heterocycles. The Balaban J connectivity index is 1.41. The number of amides is 1. The summed E-state index contributed by atoms with van der Waals surface area (Å²) < 4.78 is 24.9. The van der Waals surface area contributed by atoms with E-state index in [1.807, 2.05) is 0 Å². The highest BCUT2D eigenvalue weighted by Crippen LogP contribution is 2.24. The first-order valence-electron chi connectivity index (χ1n) is 9.95. The molecule has 1 saturated heterocycles. The van der Waals surface area contributed by atoms with E-state index in [0.29, 0.717) is 16.5 Å². The van der Waals surface area contributed by atoms with Gasteiger partial charge in [0.05, 0.1) is 10.6 Å². The molecule has 1 N–H and O–H groups in total. The fraction of sp³-hybridized carbons (Fsp3) is 0.650. The predicted molar refractivity (Wildman–Crippen MR) is 108 cm³/mol. The summed E-state index contributed by atoms with van der Waals surface area (Å²) in [6.07, 6.45) is 7.40. The summed E-state index contributed by atoms with van der Waals surface area (Å²) in [5, 5.41) is 3.75. The minimum absolute atomic E-state index is 0.105. The third-order valence-electron chi connectivity index (χ3n) is 5.76. The van der Waals surface area contributed by atoms with Gasteiger partial charge in [0.25, 0.3) is 0 Å². The van der Waals surface area contributed by atoms with Crippen LogP contribution in [-0.2, 0) is 14.6 Å². The van der Waals surface area contributed by atoms with Gasteiger partial charge in [-0.25, -0.2) is 8.42 Å². The Bertz CT molecular complexity index is 722. The summed E-state index contributed by atoms with van der Waals surface area (Å²) in [6, 6.07) is 6.56. The van der Waals surface area contributed by atoms with E-state index in [4.69, 9.17) is 11.6 Å². The fourth-order valence-electron chi connectivity index (χ4n) is 3.99. The lowest BCUT2D eigenvalue weighted by atomic mass is 9.88. The summed E-state index contributed by atoms with van der Waals surface area (Å²) in [6.45, 7) is 2.17. The summed E-state index contributed by atoms with van der Waals surface area (Å²) in [4.78, 5) is 14.9. The van der Waals surface area contributed by atoms with Gasteiger partial charge in [0.2, 0.25) is 5.91 Å². The smallest absolute Gasteiger partial charge is 0.223 e. The Morgan fingerprint density at radius 2 is 1.67 bits per heavy atom. The number of carbonyl (C=O) groups is 1. The van der Waals surface area contributed by atoms with E-state index in [0.717, 1.165) is 38.8 Å². The van der Waals surface area contributed by atoms with E-state index >= 15 is 0 Å². The zero-order chi connectivity index (χ0) is 19.3. The summed E-state index contributed by atoms with van der Waals surface area (Å²) >= 11 is 5.83. The highest BCUT2D eigenvalue weighted by molar-refractivity contribution is 7.91. The Kier molecular flexibility index (Phi) is 7.17. The fourth-order valence-corrected chi connectivity index (χ4v) is 5.40. The second-order valence-electron chi connectivity index (χ2n) is 7.73. The van der Waals surface area contributed by atoms with Crippen LogP contribution < -0.4 is 5.32 Å². The van der Waals surface area contributed by atoms with Crippen LogP contribution in [0, 0.1) is 5.92 Å². The maximum absolute atomic E-state index is 12.4. The number of rotatable bonds is 6. The molecule has 3 rings (SSSR count). The third kappa shape index (κ3) is 5.93. The summed E-state index contributed by atoms with van der Waals surface area (Å²) in [7, 11) is -3.29. The van der Waals surface area contributed by atoms with Gasteiger partial charge in [-0.3, -0.25) is 4.79 Å². The molecular weight excluding hydrogens is 384 g/mol. The zero-order valence-corrected chi connectivity index (χ0v) is 17.3. The van der Waals surface area contributed by atoms with Crippen molar-refractivity contribution in [2.75, 3.05) is 25.4 Å². The molecule has 1 aromatic carbocycles. The molecule has 7 heteroatoms. The molecular formula is C20H29ClN2O3S. The quantitative estimate of drug-likeness (QED) is 0.778. The maximum Gasteiger partial charge on any atom is 0.223 e. The van der Waals surface area contributed by atoms with Crippen LogP contribution in [0.3, 0.4) is 0 Å². The Hall–Kier alpha value is -1.11. The molecule has 150 valence electrons. The molecule has 0 atom stereocenters. The first-order chi connectivity index (χ1) is 12.9. The van der Waals surface area contributed by atoms with Crippen LogP contribution in [0.4, 0.5) is 0 Å². The van der Waals surface area contributed by atoms with Gasteiger partial charge in [-0.2, -0.15) is 0 Å². The van der Waals surface area contributed by atoms with Gasteiger partial charge in [-0.1, -0.05) is 30.9 Å². The highest BCUT2D eigenvalue weighted by Gasteiger charge is 2.26. The lowest BCUT2D eigenvalue weighted by Crippen LogP contribution is -2.47. The Labute approximate surface area is 167 Å². The number of nitrogens with one attached hydrogen (secondary N) is 1. The molecule has 2 fully saturated rings. The number of benzene rings is 1. The van der Waals surface area contributed by atoms with Gasteiger partial charge >= 0.3 is 0 Å². The van der Waals surface area contributed by atoms with E-state index in [1.165, 1.54) is 19.3 Å². The predicted octanol–water partition coefficient (Wildman–Crippen LogP) is 3.27. The van der Waals surface area contributed by atoms with Gasteiger partial charge < -0.3 is 10.2 Å². The monoisotopic (exact) mass is 412 g/mol. The molecule has 1 aliphatic carbocycles. The maximum atomic E-state index is 12.4. The minimum atomic E-state index is -3.29. The number of nitrogens with zero attached hydrogens (tertiary/aromatic N) is 1. The Morgan fingerprint density at radius 1 is 1.04 bits per heavy atom. The molecule has 0 unspecified atom stereocenters. The number of carbonyl (C=O) groups excluding carboxylic acids is 1. The molecule has 0 aromatic heterocycles. The number of hydrogen-bond donors (Lipinski definition) is 1. The van der Waals surface area contributed by atoms with Crippen molar-refractivity contribution in [3.63, 3.8) is 0 Å². The van der Waals surface area contributed by atoms with Crippen LogP contribution in [-0.4, -0.2) is 50.7 Å². The number of piperidine rings is 1. The first kappa shape index (κ1) is 20.6. The number of hydrogen-bond acceptors (Lipinski definition) is 4. The van der Waals surface area contributed by atoms with E-state index in [9.17, 15) is 13.2 Å². The average Bonchev–Trinajstić information content (AvgIpc) is 2.68. The van der Waals surface area contributed by atoms with Crippen LogP contribution in [0.15, 0.2) is 29.2 Å². The van der Waals surface area contributed by atoms with Crippen LogP contribution in [0.5, 0.6) is 0 Å². The second kappa shape index (κ2) is 9.39. The van der Waals surface area contributed by atoms with Crippen molar-refractivity contribution >= 4 is 27.3 Å². The number of sulfone groups is 1. The molecule has 0 spiro atoms. The number of likely N-dealkylation sites (tertiary alicyclic amines) is 1. The highest BCUT2D eigenvalue weighted by atomic mass is 35.5. The molecule has 1 amide bonds. The van der Waals surface area contributed by atoms with Crippen molar-refractivity contribution in [1.29, 1.82) is 0 Å². The van der Waals surface area contributed by atoms with Gasteiger partial charge in [0.1, 0.15) is 0 Å². The van der Waals surface area contributed by atoms with E-state index in [-0.39, 0.29) is 23.6 Å². The van der Waals surface area contributed by atoms with Crippen molar-refractivity contribution in [2.24, 2.45) is 5.92 Å². The van der Waals surface area contributed by atoms with Crippen molar-refractivity contribution in [1.82, 2.24) is 10.2 Å². The lowest BCUT2D eigenvalue weighted by molar-refractivity contribution is -0.127. The molecule has 0 radical (unpaired) electrons. The number of halogens is 1. The summed E-state index contributed by atoms with van der Waals surface area (Å²) in [5.74, 6) is 0.521. The molecule has 1 aromatic rings. The van der Waals surface area contributed by atoms with Crippen LogP contribution in [0.25, 0.3) is 0 Å². The normalized spacial score (nSPS) is 20.5. The van der Waals surface area contributed by atoms with Crippen molar-refractivity contribution in [3.05, 3.63) is 29.3 Å². The third-order valence-corrected chi connectivity index (χ3v) is 7.72. The van der Waals surface area contributed by atoms with Crippen molar-refractivity contribution in [3.8, 4) is 0 Å². The van der Waals surface area contributed by atoms with Gasteiger partial charge in [0, 0.05) is 36.6 Å². The SMILES string of the molecule is O=C(NC1CCN(CCS(=O)(=O)c2ccc(Cl)cc2)CC1)C1CCCCC1. The largest absolute Gasteiger partial charge is 0.353 e.